The standard InChI is InChI=1S/C24H29OSi/c1-5-19-11-13-20(14-12-19)25-21-15-17-23(18-16-21)26(24(2,3)4)22-9-7-6-8-10-22/h1,6-10,15-20H,11-14H2,2-4H3. The van der Waals surface area contributed by atoms with Gasteiger partial charge in [-0.15, -0.1) is 12.3 Å². The Morgan fingerprint density at radius 2 is 1.46 bits per heavy atom. The van der Waals surface area contributed by atoms with E-state index in [1.807, 2.05) is 0 Å². The quantitative estimate of drug-likeness (QED) is 0.568. The fourth-order valence-corrected chi connectivity index (χ4v) is 6.97. The van der Waals surface area contributed by atoms with Crippen LogP contribution in [0, 0.1) is 18.3 Å². The summed E-state index contributed by atoms with van der Waals surface area (Å²) in [7, 11) is -0.852. The van der Waals surface area contributed by atoms with Gasteiger partial charge in [0.1, 0.15) is 14.5 Å². The molecule has 0 saturated heterocycles. The fourth-order valence-electron chi connectivity index (χ4n) is 3.88. The highest BCUT2D eigenvalue weighted by Gasteiger charge is 2.30. The van der Waals surface area contributed by atoms with Gasteiger partial charge in [-0.2, -0.15) is 0 Å². The lowest BCUT2D eigenvalue weighted by molar-refractivity contribution is 0.143. The molecule has 1 fully saturated rings. The van der Waals surface area contributed by atoms with Crippen molar-refractivity contribution in [3.8, 4) is 18.1 Å². The number of ether oxygens (including phenoxy) is 1. The first-order valence-corrected chi connectivity index (χ1v) is 11.1. The van der Waals surface area contributed by atoms with Crippen molar-refractivity contribution < 1.29 is 4.74 Å². The van der Waals surface area contributed by atoms with Crippen molar-refractivity contribution in [2.75, 3.05) is 0 Å². The second kappa shape index (κ2) is 8.14. The molecule has 2 heteroatoms. The molecule has 0 aliphatic heterocycles. The molecule has 2 aromatic rings. The molecule has 0 bridgehead atoms. The third kappa shape index (κ3) is 4.59. The van der Waals surface area contributed by atoms with Crippen LogP contribution in [0.2, 0.25) is 5.04 Å². The summed E-state index contributed by atoms with van der Waals surface area (Å²) in [6.45, 7) is 7.05. The van der Waals surface area contributed by atoms with Crippen LogP contribution in [0.15, 0.2) is 54.6 Å². The van der Waals surface area contributed by atoms with Gasteiger partial charge in [0.15, 0.2) is 0 Å². The number of terminal acetylenes is 1. The van der Waals surface area contributed by atoms with Crippen LogP contribution < -0.4 is 15.1 Å². The monoisotopic (exact) mass is 361 g/mol. The molecule has 1 radical (unpaired) electrons. The second-order valence-electron chi connectivity index (χ2n) is 8.27. The van der Waals surface area contributed by atoms with Gasteiger partial charge in [-0.3, -0.25) is 0 Å². The molecular formula is C24H29OSi. The van der Waals surface area contributed by atoms with E-state index in [9.17, 15) is 0 Å². The van der Waals surface area contributed by atoms with E-state index < -0.39 is 8.80 Å². The van der Waals surface area contributed by atoms with Crippen molar-refractivity contribution in [2.45, 2.75) is 57.6 Å². The maximum absolute atomic E-state index is 6.22. The van der Waals surface area contributed by atoms with Crippen LogP contribution >= 0.6 is 0 Å². The molecule has 0 amide bonds. The van der Waals surface area contributed by atoms with Crippen molar-refractivity contribution in [1.29, 1.82) is 0 Å². The highest BCUT2D eigenvalue weighted by molar-refractivity contribution is 6.87. The SMILES string of the molecule is C#CC1CCC(Oc2ccc([Si](c3ccccc3)C(C)(C)C)cc2)CC1. The summed E-state index contributed by atoms with van der Waals surface area (Å²) < 4.78 is 6.22. The molecule has 0 aromatic heterocycles. The zero-order chi connectivity index (χ0) is 18.6. The molecule has 0 spiro atoms. The van der Waals surface area contributed by atoms with E-state index in [0.29, 0.717) is 12.0 Å². The van der Waals surface area contributed by atoms with E-state index in [4.69, 9.17) is 11.2 Å². The average Bonchev–Trinajstić information content (AvgIpc) is 2.64. The zero-order valence-electron chi connectivity index (χ0n) is 16.2. The molecule has 1 saturated carbocycles. The van der Waals surface area contributed by atoms with E-state index in [0.717, 1.165) is 31.4 Å². The molecule has 0 N–H and O–H groups in total. The Bertz CT molecular complexity index is 729. The lowest BCUT2D eigenvalue weighted by atomic mass is 9.88. The Hall–Kier alpha value is -1.98. The summed E-state index contributed by atoms with van der Waals surface area (Å²) in [5.74, 6) is 4.32. The molecule has 3 rings (SSSR count). The Labute approximate surface area is 160 Å². The number of hydrogen-bond acceptors (Lipinski definition) is 1. The van der Waals surface area contributed by atoms with Gasteiger partial charge in [0.25, 0.3) is 0 Å². The van der Waals surface area contributed by atoms with E-state index in [2.05, 4.69) is 81.3 Å². The van der Waals surface area contributed by atoms with E-state index in [-0.39, 0.29) is 5.04 Å². The summed E-state index contributed by atoms with van der Waals surface area (Å²) in [4.78, 5) is 0. The Balaban J connectivity index is 1.73. The minimum atomic E-state index is -0.852. The fraction of sp³-hybridized carbons (Fsp3) is 0.417. The summed E-state index contributed by atoms with van der Waals surface area (Å²) >= 11 is 0. The third-order valence-electron chi connectivity index (χ3n) is 5.17. The van der Waals surface area contributed by atoms with Gasteiger partial charge < -0.3 is 4.74 Å². The maximum atomic E-state index is 6.22. The lowest BCUT2D eigenvalue weighted by Crippen LogP contribution is -2.48. The minimum absolute atomic E-state index is 0.252. The molecule has 2 aromatic carbocycles. The first-order valence-electron chi connectivity index (χ1n) is 9.63. The van der Waals surface area contributed by atoms with Gasteiger partial charge >= 0.3 is 0 Å². The first-order chi connectivity index (χ1) is 12.5. The molecule has 1 aliphatic rings. The zero-order valence-corrected chi connectivity index (χ0v) is 17.2. The predicted octanol–water partition coefficient (Wildman–Crippen LogP) is 4.67. The van der Waals surface area contributed by atoms with E-state index >= 15 is 0 Å². The van der Waals surface area contributed by atoms with Crippen LogP contribution in [0.1, 0.15) is 46.5 Å². The van der Waals surface area contributed by atoms with Crippen molar-refractivity contribution in [1.82, 2.24) is 0 Å². The van der Waals surface area contributed by atoms with Crippen LogP contribution in [0.3, 0.4) is 0 Å². The van der Waals surface area contributed by atoms with Crippen molar-refractivity contribution in [3.63, 3.8) is 0 Å². The number of benzene rings is 2. The molecule has 1 aliphatic carbocycles. The largest absolute Gasteiger partial charge is 0.490 e. The normalized spacial score (nSPS) is 20.6. The van der Waals surface area contributed by atoms with Crippen LogP contribution in [0.5, 0.6) is 5.75 Å². The summed E-state index contributed by atoms with van der Waals surface area (Å²) in [6.07, 6.45) is 10.2. The average molecular weight is 362 g/mol. The van der Waals surface area contributed by atoms with Crippen LogP contribution in [0.4, 0.5) is 0 Å². The van der Waals surface area contributed by atoms with Gasteiger partial charge in [-0.25, -0.2) is 0 Å². The van der Waals surface area contributed by atoms with E-state index in [1.165, 1.54) is 10.4 Å². The van der Waals surface area contributed by atoms with Crippen LogP contribution in [-0.4, -0.2) is 14.9 Å². The smallest absolute Gasteiger partial charge is 0.126 e. The van der Waals surface area contributed by atoms with Gasteiger partial charge in [-0.1, -0.05) is 73.6 Å². The maximum Gasteiger partial charge on any atom is 0.126 e. The summed E-state index contributed by atoms with van der Waals surface area (Å²) in [5.41, 5.74) is 0. The van der Waals surface area contributed by atoms with Gasteiger partial charge in [-0.05, 0) is 42.9 Å². The predicted molar refractivity (Wildman–Crippen MR) is 113 cm³/mol. The van der Waals surface area contributed by atoms with Gasteiger partial charge in [0, 0.05) is 5.92 Å². The molecular weight excluding hydrogens is 332 g/mol. The topological polar surface area (TPSA) is 9.23 Å². The van der Waals surface area contributed by atoms with Crippen molar-refractivity contribution in [3.05, 3.63) is 54.6 Å². The molecule has 0 heterocycles. The lowest BCUT2D eigenvalue weighted by Gasteiger charge is -2.30. The van der Waals surface area contributed by atoms with Gasteiger partial charge in [0.05, 0.1) is 6.10 Å². The Kier molecular flexibility index (Phi) is 5.89. The molecule has 26 heavy (non-hydrogen) atoms. The van der Waals surface area contributed by atoms with Gasteiger partial charge in [0.2, 0.25) is 0 Å². The summed E-state index contributed by atoms with van der Waals surface area (Å²) in [5, 5.41) is 3.16. The molecule has 135 valence electrons. The number of rotatable bonds is 4. The van der Waals surface area contributed by atoms with Crippen molar-refractivity contribution in [2.24, 2.45) is 5.92 Å². The molecule has 0 atom stereocenters. The highest BCUT2D eigenvalue weighted by atomic mass is 28.3. The first kappa shape index (κ1) is 18.8. The summed E-state index contributed by atoms with van der Waals surface area (Å²) in [6, 6.07) is 19.8. The molecule has 1 nitrogen and oxygen atoms in total. The highest BCUT2D eigenvalue weighted by Crippen LogP contribution is 2.29. The second-order valence-corrected chi connectivity index (χ2v) is 11.7. The Morgan fingerprint density at radius 3 is 2.00 bits per heavy atom. The Morgan fingerprint density at radius 1 is 0.885 bits per heavy atom. The van der Waals surface area contributed by atoms with Crippen LogP contribution in [0.25, 0.3) is 0 Å². The van der Waals surface area contributed by atoms with E-state index in [1.54, 1.807) is 0 Å². The van der Waals surface area contributed by atoms with Crippen molar-refractivity contribution >= 4 is 19.2 Å². The third-order valence-corrected chi connectivity index (χ3v) is 8.49. The van der Waals surface area contributed by atoms with Crippen LogP contribution in [-0.2, 0) is 0 Å². The number of hydrogen-bond donors (Lipinski definition) is 0. The minimum Gasteiger partial charge on any atom is -0.490 e. The molecule has 0 unspecified atom stereocenters.